The molecule has 0 saturated heterocycles. The molecule has 0 aliphatic heterocycles. The molecule has 7 heteroatoms. The van der Waals surface area contributed by atoms with Gasteiger partial charge in [0.2, 0.25) is 0 Å². The van der Waals surface area contributed by atoms with E-state index < -0.39 is 23.9 Å². The molecule has 2 N–H and O–H groups in total. The molecule has 0 heterocycles. The Morgan fingerprint density at radius 3 is 2.44 bits per heavy atom. The first-order valence-electron chi connectivity index (χ1n) is 8.28. The maximum absolute atomic E-state index is 12.2. The van der Waals surface area contributed by atoms with E-state index in [2.05, 4.69) is 5.32 Å². The molecule has 0 radical (unpaired) electrons. The molecule has 1 unspecified atom stereocenters. The van der Waals surface area contributed by atoms with E-state index in [0.29, 0.717) is 0 Å². The quantitative estimate of drug-likeness (QED) is 0.787. The van der Waals surface area contributed by atoms with E-state index in [1.807, 2.05) is 30.3 Å². The lowest BCUT2D eigenvalue weighted by Crippen LogP contribution is -2.43. The van der Waals surface area contributed by atoms with Crippen molar-refractivity contribution in [1.82, 2.24) is 10.2 Å². The zero-order chi connectivity index (χ0) is 18.9. The van der Waals surface area contributed by atoms with Gasteiger partial charge in [0.15, 0.2) is 0 Å². The number of rotatable bonds is 7. The van der Waals surface area contributed by atoms with Crippen LogP contribution in [0.15, 0.2) is 30.3 Å². The van der Waals surface area contributed by atoms with Crippen LogP contribution in [0.3, 0.4) is 0 Å². The number of hydrogen-bond donors (Lipinski definition) is 2. The molecule has 140 valence electrons. The van der Waals surface area contributed by atoms with Gasteiger partial charge in [-0.25, -0.2) is 9.59 Å². The van der Waals surface area contributed by atoms with Crippen LogP contribution < -0.4 is 5.32 Å². The molecule has 25 heavy (non-hydrogen) atoms. The number of amides is 2. The van der Waals surface area contributed by atoms with Gasteiger partial charge in [0.05, 0.1) is 6.10 Å². The zero-order valence-corrected chi connectivity index (χ0v) is 15.3. The summed E-state index contributed by atoms with van der Waals surface area (Å²) in [6.07, 6.45) is -1.80. The maximum atomic E-state index is 12.2. The number of carbonyl (C=O) groups is 2. The summed E-state index contributed by atoms with van der Waals surface area (Å²) in [5.74, 6) is 0. The number of benzene rings is 1. The van der Waals surface area contributed by atoms with Crippen LogP contribution in [-0.4, -0.2) is 53.5 Å². The molecule has 7 nitrogen and oxygen atoms in total. The third kappa shape index (κ3) is 9.56. The third-order valence-corrected chi connectivity index (χ3v) is 3.00. The Morgan fingerprint density at radius 1 is 1.24 bits per heavy atom. The molecule has 0 spiro atoms. The van der Waals surface area contributed by atoms with E-state index in [4.69, 9.17) is 9.47 Å². The van der Waals surface area contributed by atoms with Crippen LogP contribution in [0.5, 0.6) is 0 Å². The SMILES string of the molecule is CC(O)CN(CCNC(=O)OC(C)(C)C)C(=O)OCc1ccccc1. The van der Waals surface area contributed by atoms with Gasteiger partial charge in [-0.05, 0) is 33.3 Å². The second-order valence-electron chi connectivity index (χ2n) is 6.76. The largest absolute Gasteiger partial charge is 0.445 e. The van der Waals surface area contributed by atoms with Crippen molar-refractivity contribution in [2.75, 3.05) is 19.6 Å². The minimum absolute atomic E-state index is 0.115. The Hall–Kier alpha value is -2.28. The minimum Gasteiger partial charge on any atom is -0.445 e. The number of nitrogens with one attached hydrogen (secondary N) is 1. The third-order valence-electron chi connectivity index (χ3n) is 3.00. The van der Waals surface area contributed by atoms with Crippen molar-refractivity contribution in [3.63, 3.8) is 0 Å². The van der Waals surface area contributed by atoms with Gasteiger partial charge in [0.25, 0.3) is 0 Å². The summed E-state index contributed by atoms with van der Waals surface area (Å²) in [5.41, 5.74) is 0.289. The smallest absolute Gasteiger partial charge is 0.410 e. The van der Waals surface area contributed by atoms with Crippen molar-refractivity contribution in [3.05, 3.63) is 35.9 Å². The molecule has 1 aromatic rings. The first kappa shape index (κ1) is 20.8. The molecule has 2 amide bonds. The minimum atomic E-state index is -0.703. The Balaban J connectivity index is 2.47. The fourth-order valence-electron chi connectivity index (χ4n) is 1.99. The zero-order valence-electron chi connectivity index (χ0n) is 15.3. The Kier molecular flexibility index (Phi) is 8.21. The summed E-state index contributed by atoms with van der Waals surface area (Å²) in [4.78, 5) is 25.2. The highest BCUT2D eigenvalue weighted by Crippen LogP contribution is 2.07. The summed E-state index contributed by atoms with van der Waals surface area (Å²) >= 11 is 0. The van der Waals surface area contributed by atoms with Crippen molar-refractivity contribution in [3.8, 4) is 0 Å². The lowest BCUT2D eigenvalue weighted by atomic mass is 10.2. The van der Waals surface area contributed by atoms with E-state index in [1.165, 1.54) is 4.90 Å². The maximum Gasteiger partial charge on any atom is 0.410 e. The predicted octanol–water partition coefficient (Wildman–Crippen LogP) is 2.53. The van der Waals surface area contributed by atoms with Crippen molar-refractivity contribution in [2.45, 2.75) is 46.0 Å². The number of aliphatic hydroxyl groups is 1. The highest BCUT2D eigenvalue weighted by Gasteiger charge is 2.19. The van der Waals surface area contributed by atoms with E-state index in [-0.39, 0.29) is 26.2 Å². The van der Waals surface area contributed by atoms with Crippen LogP contribution in [0.1, 0.15) is 33.3 Å². The Bertz CT molecular complexity index is 540. The number of alkyl carbamates (subject to hydrolysis) is 1. The molecular formula is C18H28N2O5. The summed E-state index contributed by atoms with van der Waals surface area (Å²) < 4.78 is 10.4. The summed E-state index contributed by atoms with van der Waals surface area (Å²) in [7, 11) is 0. The van der Waals surface area contributed by atoms with Gasteiger partial charge in [-0.3, -0.25) is 0 Å². The molecule has 1 aromatic carbocycles. The average Bonchev–Trinajstić information content (AvgIpc) is 2.50. The lowest BCUT2D eigenvalue weighted by molar-refractivity contribution is 0.0503. The fourth-order valence-corrected chi connectivity index (χ4v) is 1.99. The second kappa shape index (κ2) is 9.88. The second-order valence-corrected chi connectivity index (χ2v) is 6.76. The molecule has 0 aliphatic rings. The molecule has 1 atom stereocenters. The van der Waals surface area contributed by atoms with Gasteiger partial charge in [-0.2, -0.15) is 0 Å². The first-order chi connectivity index (χ1) is 11.7. The average molecular weight is 352 g/mol. The van der Waals surface area contributed by atoms with Crippen LogP contribution in [0, 0.1) is 0 Å². The number of aliphatic hydroxyl groups excluding tert-OH is 1. The van der Waals surface area contributed by atoms with Crippen molar-refractivity contribution >= 4 is 12.2 Å². The van der Waals surface area contributed by atoms with E-state index in [1.54, 1.807) is 27.7 Å². The molecule has 0 saturated carbocycles. The van der Waals surface area contributed by atoms with Crippen molar-refractivity contribution in [2.24, 2.45) is 0 Å². The lowest BCUT2D eigenvalue weighted by Gasteiger charge is -2.24. The van der Waals surface area contributed by atoms with Gasteiger partial charge in [-0.15, -0.1) is 0 Å². The van der Waals surface area contributed by atoms with Gasteiger partial charge >= 0.3 is 12.2 Å². The number of ether oxygens (including phenoxy) is 2. The first-order valence-corrected chi connectivity index (χ1v) is 8.28. The highest BCUT2D eigenvalue weighted by atomic mass is 16.6. The van der Waals surface area contributed by atoms with Crippen LogP contribution in [-0.2, 0) is 16.1 Å². The summed E-state index contributed by atoms with van der Waals surface area (Å²) in [5, 5.41) is 12.1. The normalized spacial score (nSPS) is 12.2. The monoisotopic (exact) mass is 352 g/mol. The van der Waals surface area contributed by atoms with Crippen LogP contribution >= 0.6 is 0 Å². The molecule has 0 aliphatic carbocycles. The van der Waals surface area contributed by atoms with Gasteiger partial charge in [0, 0.05) is 19.6 Å². The van der Waals surface area contributed by atoms with Crippen LogP contribution in [0.25, 0.3) is 0 Å². The highest BCUT2D eigenvalue weighted by molar-refractivity contribution is 5.69. The van der Waals surface area contributed by atoms with Crippen LogP contribution in [0.2, 0.25) is 0 Å². The molecular weight excluding hydrogens is 324 g/mol. The van der Waals surface area contributed by atoms with E-state index in [0.717, 1.165) is 5.56 Å². The fraction of sp³-hybridized carbons (Fsp3) is 0.556. The Morgan fingerprint density at radius 2 is 1.88 bits per heavy atom. The predicted molar refractivity (Wildman–Crippen MR) is 94.1 cm³/mol. The van der Waals surface area contributed by atoms with E-state index in [9.17, 15) is 14.7 Å². The number of nitrogens with zero attached hydrogens (tertiary/aromatic N) is 1. The summed E-state index contributed by atoms with van der Waals surface area (Å²) in [6.45, 7) is 7.56. The molecule has 1 rings (SSSR count). The van der Waals surface area contributed by atoms with Crippen molar-refractivity contribution < 1.29 is 24.2 Å². The van der Waals surface area contributed by atoms with Gasteiger partial charge in [-0.1, -0.05) is 30.3 Å². The number of carbonyl (C=O) groups excluding carboxylic acids is 2. The molecule has 0 fully saturated rings. The van der Waals surface area contributed by atoms with Gasteiger partial charge in [0.1, 0.15) is 12.2 Å². The van der Waals surface area contributed by atoms with Crippen LogP contribution in [0.4, 0.5) is 9.59 Å². The van der Waals surface area contributed by atoms with Crippen molar-refractivity contribution in [1.29, 1.82) is 0 Å². The standard InChI is InChI=1S/C18H28N2O5/c1-14(21)12-20(11-10-19-16(22)25-18(2,3)4)17(23)24-13-15-8-6-5-7-9-15/h5-9,14,21H,10-13H2,1-4H3,(H,19,22). The summed E-state index contributed by atoms with van der Waals surface area (Å²) in [6, 6.07) is 9.32. The Labute approximate surface area is 148 Å². The number of hydrogen-bond acceptors (Lipinski definition) is 5. The van der Waals surface area contributed by atoms with E-state index >= 15 is 0 Å². The molecule has 0 aromatic heterocycles. The molecule has 0 bridgehead atoms. The van der Waals surface area contributed by atoms with Gasteiger partial charge < -0.3 is 24.8 Å². The topological polar surface area (TPSA) is 88.1 Å².